The average Bonchev–Trinajstić information content (AvgIpc) is 2.63. The Kier molecular flexibility index (Phi) is 23.9. The Morgan fingerprint density at radius 3 is 1.00 bits per heavy atom. The van der Waals surface area contributed by atoms with Crippen molar-refractivity contribution >= 4 is 0 Å². The molecule has 151 valence electrons. The van der Waals surface area contributed by atoms with Crippen molar-refractivity contribution in [1.29, 1.82) is 0 Å². The van der Waals surface area contributed by atoms with Gasteiger partial charge in [-0.05, 0) is 13.3 Å². The van der Waals surface area contributed by atoms with Gasteiger partial charge in [-0.1, -0.05) is 129 Å². The first-order valence-corrected chi connectivity index (χ1v) is 11.8. The van der Waals surface area contributed by atoms with Gasteiger partial charge in [-0.25, -0.2) is 0 Å². The molecule has 1 radical (unpaired) electrons. The summed E-state index contributed by atoms with van der Waals surface area (Å²) in [5.74, 6) is 0. The number of hydrogen-bond donors (Lipinski definition) is 0. The summed E-state index contributed by atoms with van der Waals surface area (Å²) in [6.45, 7) is 7.51. The highest BCUT2D eigenvalue weighted by Crippen LogP contribution is 2.14. The second kappa shape index (κ2) is 24.0. The Morgan fingerprint density at radius 1 is 0.440 bits per heavy atom. The van der Waals surface area contributed by atoms with Crippen LogP contribution in [0, 0.1) is 6.92 Å². The highest BCUT2D eigenvalue weighted by molar-refractivity contribution is 4.51. The van der Waals surface area contributed by atoms with Crippen LogP contribution in [0.2, 0.25) is 0 Å². The standard InChI is InChI=1S/C24H49O/c1-3-5-6-7-8-9-10-11-12-13-14-15-16-17-18-19-20-21-22-23-24-25-4-2/h2-24H2,1H3. The lowest BCUT2D eigenvalue weighted by molar-refractivity contribution is 0.156. The molecule has 0 aliphatic carbocycles. The molecule has 1 nitrogen and oxygen atoms in total. The van der Waals surface area contributed by atoms with E-state index in [1.807, 2.05) is 0 Å². The Bertz CT molecular complexity index is 192. The zero-order chi connectivity index (χ0) is 18.3. The Hall–Kier alpha value is -0.0400. The average molecular weight is 354 g/mol. The molecule has 25 heavy (non-hydrogen) atoms. The van der Waals surface area contributed by atoms with Gasteiger partial charge in [0.15, 0.2) is 0 Å². The largest absolute Gasteiger partial charge is 0.381 e. The highest BCUT2D eigenvalue weighted by atomic mass is 16.5. The van der Waals surface area contributed by atoms with E-state index >= 15 is 0 Å². The van der Waals surface area contributed by atoms with E-state index in [-0.39, 0.29) is 0 Å². The first kappa shape index (κ1) is 25.0. The molecule has 0 aromatic carbocycles. The summed E-state index contributed by atoms with van der Waals surface area (Å²) < 4.78 is 5.26. The fourth-order valence-corrected chi connectivity index (χ4v) is 3.56. The van der Waals surface area contributed by atoms with Crippen LogP contribution in [0.15, 0.2) is 0 Å². The molecule has 0 spiro atoms. The lowest BCUT2D eigenvalue weighted by atomic mass is 10.0. The molecule has 0 rings (SSSR count). The second-order valence-electron chi connectivity index (χ2n) is 7.83. The van der Waals surface area contributed by atoms with Crippen LogP contribution in [0.5, 0.6) is 0 Å². The summed E-state index contributed by atoms with van der Waals surface area (Å²) in [5, 5.41) is 0. The van der Waals surface area contributed by atoms with Gasteiger partial charge >= 0.3 is 0 Å². The van der Waals surface area contributed by atoms with Gasteiger partial charge in [0.05, 0.1) is 0 Å². The van der Waals surface area contributed by atoms with Gasteiger partial charge in [-0.15, -0.1) is 0 Å². The normalized spacial score (nSPS) is 11.3. The molecule has 0 atom stereocenters. The third-order valence-electron chi connectivity index (χ3n) is 5.29. The minimum absolute atomic E-state index is 0.624. The van der Waals surface area contributed by atoms with Crippen LogP contribution in [-0.2, 0) is 4.74 Å². The van der Waals surface area contributed by atoms with Crippen molar-refractivity contribution < 1.29 is 4.74 Å². The molecule has 0 bridgehead atoms. The zero-order valence-corrected chi connectivity index (χ0v) is 17.7. The summed E-state index contributed by atoms with van der Waals surface area (Å²) in [7, 11) is 0. The lowest BCUT2D eigenvalue weighted by Crippen LogP contribution is -1.93. The van der Waals surface area contributed by atoms with Crippen molar-refractivity contribution in [3.8, 4) is 0 Å². The fourth-order valence-electron chi connectivity index (χ4n) is 3.56. The minimum atomic E-state index is 0.624. The maximum Gasteiger partial charge on any atom is 0.0466 e. The van der Waals surface area contributed by atoms with Crippen molar-refractivity contribution in [2.75, 3.05) is 13.2 Å². The first-order valence-electron chi connectivity index (χ1n) is 11.8. The Morgan fingerprint density at radius 2 is 0.720 bits per heavy atom. The maximum atomic E-state index is 5.26. The molecule has 0 unspecified atom stereocenters. The smallest absolute Gasteiger partial charge is 0.0466 e. The van der Waals surface area contributed by atoms with Crippen LogP contribution in [0.25, 0.3) is 0 Å². The van der Waals surface area contributed by atoms with E-state index in [4.69, 9.17) is 4.74 Å². The van der Waals surface area contributed by atoms with E-state index in [1.165, 1.54) is 128 Å². The van der Waals surface area contributed by atoms with E-state index in [1.54, 1.807) is 0 Å². The van der Waals surface area contributed by atoms with E-state index in [9.17, 15) is 0 Å². The van der Waals surface area contributed by atoms with Crippen LogP contribution in [0.3, 0.4) is 0 Å². The van der Waals surface area contributed by atoms with Crippen LogP contribution in [-0.4, -0.2) is 13.2 Å². The highest BCUT2D eigenvalue weighted by Gasteiger charge is 1.95. The molecule has 0 aliphatic rings. The van der Waals surface area contributed by atoms with Crippen LogP contribution < -0.4 is 0 Å². The molecule has 1 heteroatoms. The molecular weight excluding hydrogens is 304 g/mol. The van der Waals surface area contributed by atoms with Crippen molar-refractivity contribution in [2.24, 2.45) is 0 Å². The monoisotopic (exact) mass is 353 g/mol. The third-order valence-corrected chi connectivity index (χ3v) is 5.29. The summed E-state index contributed by atoms with van der Waals surface area (Å²) in [4.78, 5) is 0. The molecule has 0 aromatic rings. The zero-order valence-electron chi connectivity index (χ0n) is 17.7. The molecular formula is C24H49O. The van der Waals surface area contributed by atoms with Gasteiger partial charge in [0.25, 0.3) is 0 Å². The van der Waals surface area contributed by atoms with E-state index in [2.05, 4.69) is 13.8 Å². The molecule has 0 heterocycles. The molecule has 0 fully saturated rings. The SMILES string of the molecule is [CH2]COCCCCCCCCCCCCCCCCCCCCCC. The van der Waals surface area contributed by atoms with Gasteiger partial charge in [0.1, 0.15) is 0 Å². The topological polar surface area (TPSA) is 9.23 Å². The summed E-state index contributed by atoms with van der Waals surface area (Å²) in [5.41, 5.74) is 0. The summed E-state index contributed by atoms with van der Waals surface area (Å²) >= 11 is 0. The van der Waals surface area contributed by atoms with Gasteiger partial charge in [-0.3, -0.25) is 0 Å². The van der Waals surface area contributed by atoms with Gasteiger partial charge in [0, 0.05) is 13.2 Å². The van der Waals surface area contributed by atoms with Crippen LogP contribution >= 0.6 is 0 Å². The van der Waals surface area contributed by atoms with Crippen LogP contribution in [0.4, 0.5) is 0 Å². The van der Waals surface area contributed by atoms with Crippen LogP contribution in [0.1, 0.15) is 135 Å². The summed E-state index contributed by atoms with van der Waals surface area (Å²) in [6, 6.07) is 0. The van der Waals surface area contributed by atoms with Gasteiger partial charge in [-0.2, -0.15) is 0 Å². The quantitative estimate of drug-likeness (QED) is 0.177. The number of hydrogen-bond acceptors (Lipinski definition) is 1. The van der Waals surface area contributed by atoms with Gasteiger partial charge in [0.2, 0.25) is 0 Å². The second-order valence-corrected chi connectivity index (χ2v) is 7.83. The van der Waals surface area contributed by atoms with Crippen molar-refractivity contribution in [3.05, 3.63) is 6.92 Å². The number of unbranched alkanes of at least 4 members (excludes halogenated alkanes) is 19. The Balaban J connectivity index is 2.94. The van der Waals surface area contributed by atoms with E-state index < -0.39 is 0 Å². The minimum Gasteiger partial charge on any atom is -0.381 e. The first-order chi connectivity index (χ1) is 12.4. The molecule has 0 amide bonds. The molecule has 0 aliphatic heterocycles. The predicted octanol–water partition coefficient (Wildman–Crippen LogP) is 8.66. The Labute approximate surface area is 160 Å². The molecule has 0 N–H and O–H groups in total. The van der Waals surface area contributed by atoms with Gasteiger partial charge < -0.3 is 4.74 Å². The predicted molar refractivity (Wildman–Crippen MR) is 114 cm³/mol. The third kappa shape index (κ3) is 24.0. The molecule has 0 aromatic heterocycles. The van der Waals surface area contributed by atoms with Crippen molar-refractivity contribution in [1.82, 2.24) is 0 Å². The van der Waals surface area contributed by atoms with E-state index in [0.29, 0.717) is 6.61 Å². The fraction of sp³-hybridized carbons (Fsp3) is 0.958. The maximum absolute atomic E-state index is 5.26. The van der Waals surface area contributed by atoms with Crippen molar-refractivity contribution in [3.63, 3.8) is 0 Å². The number of ether oxygens (including phenoxy) is 1. The number of rotatable bonds is 22. The summed E-state index contributed by atoms with van der Waals surface area (Å²) in [6.07, 6.45) is 28.7. The lowest BCUT2D eigenvalue weighted by Gasteiger charge is -2.04. The van der Waals surface area contributed by atoms with Crippen molar-refractivity contribution in [2.45, 2.75) is 135 Å². The molecule has 0 saturated carbocycles. The van der Waals surface area contributed by atoms with E-state index in [0.717, 1.165) is 6.61 Å². The molecule has 0 saturated heterocycles.